The normalized spacial score (nSPS) is 11.9. The van der Waals surface area contributed by atoms with Gasteiger partial charge in [-0.2, -0.15) is 0 Å². The Bertz CT molecular complexity index is 1640. The summed E-state index contributed by atoms with van der Waals surface area (Å²) in [5, 5.41) is 3.74. The van der Waals surface area contributed by atoms with Crippen LogP contribution in [-0.4, -0.2) is 44.8 Å². The average Bonchev–Trinajstić information content (AvgIpc) is 2.99. The lowest BCUT2D eigenvalue weighted by atomic mass is 10.0. The van der Waals surface area contributed by atoms with E-state index < -0.39 is 34.4 Å². The molecule has 0 fully saturated rings. The number of sulfonamides is 1. The summed E-state index contributed by atoms with van der Waals surface area (Å²) in [5.74, 6) is -1.02. The van der Waals surface area contributed by atoms with E-state index in [-0.39, 0.29) is 23.5 Å². The molecule has 0 saturated heterocycles. The van der Waals surface area contributed by atoms with Crippen molar-refractivity contribution in [3.8, 4) is 0 Å². The predicted octanol–water partition coefficient (Wildman–Crippen LogP) is 6.23. The van der Waals surface area contributed by atoms with Crippen molar-refractivity contribution in [1.82, 2.24) is 10.2 Å². The molecule has 4 aromatic rings. The minimum atomic E-state index is -4.21. The Kier molecular flexibility index (Phi) is 10.5. The number of benzene rings is 4. The minimum absolute atomic E-state index is 0.0389. The first-order valence-corrected chi connectivity index (χ1v) is 15.5. The van der Waals surface area contributed by atoms with E-state index in [1.807, 2.05) is 30.3 Å². The van der Waals surface area contributed by atoms with Crippen LogP contribution >= 0.6 is 34.8 Å². The highest BCUT2D eigenvalue weighted by Gasteiger charge is 2.34. The summed E-state index contributed by atoms with van der Waals surface area (Å²) in [6, 6.07) is 27.1. The van der Waals surface area contributed by atoms with E-state index >= 15 is 0 Å². The van der Waals surface area contributed by atoms with Crippen LogP contribution in [0, 0.1) is 0 Å². The van der Waals surface area contributed by atoms with Crippen molar-refractivity contribution in [2.75, 3.05) is 17.9 Å². The van der Waals surface area contributed by atoms with E-state index in [4.69, 9.17) is 34.8 Å². The molecule has 1 atom stereocenters. The molecular formula is C31H28Cl3N3O4S. The van der Waals surface area contributed by atoms with Gasteiger partial charge in [0.15, 0.2) is 0 Å². The number of carbonyl (C=O) groups is 2. The number of para-hydroxylation sites is 1. The Morgan fingerprint density at radius 1 is 0.810 bits per heavy atom. The van der Waals surface area contributed by atoms with Crippen LogP contribution in [0.5, 0.6) is 0 Å². The zero-order valence-corrected chi connectivity index (χ0v) is 25.7. The molecule has 11 heteroatoms. The Hall–Kier alpha value is -3.56. The maximum Gasteiger partial charge on any atom is 0.264 e. The highest BCUT2D eigenvalue weighted by atomic mass is 35.5. The molecule has 0 spiro atoms. The number of nitrogens with zero attached hydrogens (tertiary/aromatic N) is 2. The second-order valence-electron chi connectivity index (χ2n) is 9.38. The molecule has 0 aliphatic rings. The smallest absolute Gasteiger partial charge is 0.264 e. The van der Waals surface area contributed by atoms with Gasteiger partial charge < -0.3 is 10.2 Å². The lowest BCUT2D eigenvalue weighted by molar-refractivity contribution is -0.139. The quantitative estimate of drug-likeness (QED) is 0.210. The van der Waals surface area contributed by atoms with E-state index in [0.717, 1.165) is 9.87 Å². The molecule has 0 aliphatic carbocycles. The van der Waals surface area contributed by atoms with E-state index in [2.05, 4.69) is 5.32 Å². The highest BCUT2D eigenvalue weighted by molar-refractivity contribution is 7.92. The predicted molar refractivity (Wildman–Crippen MR) is 167 cm³/mol. The SMILES string of the molecule is CNC(=O)C(Cc1ccccc1)N(Cc1ccc(Cl)cc1Cl)C(=O)CN(c1ccccc1)S(=O)(=O)c1ccc(Cl)cc1. The molecule has 0 radical (unpaired) electrons. The largest absolute Gasteiger partial charge is 0.357 e. The molecule has 0 aliphatic heterocycles. The molecule has 0 heterocycles. The summed E-state index contributed by atoms with van der Waals surface area (Å²) >= 11 is 18.6. The number of likely N-dealkylation sites (N-methyl/N-ethyl adjacent to an activating group) is 1. The van der Waals surface area contributed by atoms with Crippen LogP contribution in [0.1, 0.15) is 11.1 Å². The standard InChI is InChI=1S/C31H28Cl3N3O4S/c1-35-31(39)29(18-22-8-4-2-5-9-22)36(20-23-12-13-25(33)19-28(23)34)30(38)21-37(26-10-6-3-7-11-26)42(40,41)27-16-14-24(32)15-17-27/h2-17,19,29H,18,20-21H2,1H3,(H,35,39). The summed E-state index contributed by atoms with van der Waals surface area (Å²) in [4.78, 5) is 28.9. The van der Waals surface area contributed by atoms with Crippen LogP contribution in [-0.2, 0) is 32.6 Å². The number of hydrogen-bond acceptors (Lipinski definition) is 4. The third kappa shape index (κ3) is 7.63. The van der Waals surface area contributed by atoms with E-state index in [1.165, 1.54) is 36.2 Å². The molecule has 218 valence electrons. The number of nitrogens with one attached hydrogen (secondary N) is 1. The van der Waals surface area contributed by atoms with E-state index in [9.17, 15) is 18.0 Å². The van der Waals surface area contributed by atoms with Gasteiger partial charge in [-0.1, -0.05) is 89.4 Å². The topological polar surface area (TPSA) is 86.8 Å². The monoisotopic (exact) mass is 643 g/mol. The van der Waals surface area contributed by atoms with Gasteiger partial charge in [-0.05, 0) is 59.7 Å². The number of hydrogen-bond donors (Lipinski definition) is 1. The van der Waals surface area contributed by atoms with Gasteiger partial charge in [0.1, 0.15) is 12.6 Å². The first-order chi connectivity index (χ1) is 20.1. The third-order valence-corrected chi connectivity index (χ3v) is 9.22. The van der Waals surface area contributed by atoms with E-state index in [0.29, 0.717) is 20.6 Å². The van der Waals surface area contributed by atoms with Crippen molar-refractivity contribution >= 4 is 62.3 Å². The summed E-state index contributed by atoms with van der Waals surface area (Å²) in [7, 11) is -2.73. The first-order valence-electron chi connectivity index (χ1n) is 12.9. The molecule has 7 nitrogen and oxygen atoms in total. The number of amides is 2. The Morgan fingerprint density at radius 3 is 2.00 bits per heavy atom. The van der Waals surface area contributed by atoms with Crippen LogP contribution < -0.4 is 9.62 Å². The second-order valence-corrected chi connectivity index (χ2v) is 12.5. The molecule has 2 amide bonds. The molecule has 4 rings (SSSR count). The van der Waals surface area contributed by atoms with Crippen molar-refractivity contribution < 1.29 is 18.0 Å². The Labute approximate surface area is 260 Å². The fraction of sp³-hybridized carbons (Fsp3) is 0.161. The zero-order valence-electron chi connectivity index (χ0n) is 22.6. The van der Waals surface area contributed by atoms with Crippen molar-refractivity contribution in [3.05, 3.63) is 129 Å². The number of halogens is 3. The van der Waals surface area contributed by atoms with Crippen LogP contribution in [0.3, 0.4) is 0 Å². The highest BCUT2D eigenvalue weighted by Crippen LogP contribution is 2.27. The fourth-order valence-corrected chi connectivity index (χ4v) is 6.42. The van der Waals surface area contributed by atoms with Gasteiger partial charge in [-0.3, -0.25) is 13.9 Å². The summed E-state index contributed by atoms with van der Waals surface area (Å²) in [6.07, 6.45) is 0.187. The van der Waals surface area contributed by atoms with E-state index in [1.54, 1.807) is 48.5 Å². The molecule has 0 saturated carbocycles. The molecule has 0 aromatic heterocycles. The summed E-state index contributed by atoms with van der Waals surface area (Å²) in [5.41, 5.74) is 1.65. The molecule has 42 heavy (non-hydrogen) atoms. The van der Waals surface area contributed by atoms with Crippen LogP contribution in [0.4, 0.5) is 5.69 Å². The minimum Gasteiger partial charge on any atom is -0.357 e. The third-order valence-electron chi connectivity index (χ3n) is 6.60. The van der Waals surface area contributed by atoms with Gasteiger partial charge in [0, 0.05) is 35.1 Å². The van der Waals surface area contributed by atoms with Crippen molar-refractivity contribution in [2.24, 2.45) is 0 Å². The lowest BCUT2D eigenvalue weighted by Gasteiger charge is -2.33. The zero-order chi connectivity index (χ0) is 30.3. The summed E-state index contributed by atoms with van der Waals surface area (Å²) < 4.78 is 28.8. The first kappa shape index (κ1) is 31.4. The fourth-order valence-electron chi connectivity index (χ4n) is 4.41. The van der Waals surface area contributed by atoms with Crippen LogP contribution in [0.25, 0.3) is 0 Å². The van der Waals surface area contributed by atoms with Gasteiger partial charge in [-0.25, -0.2) is 8.42 Å². The molecule has 1 N–H and O–H groups in total. The maximum atomic E-state index is 14.2. The van der Waals surface area contributed by atoms with Gasteiger partial charge in [-0.15, -0.1) is 0 Å². The lowest BCUT2D eigenvalue weighted by Crippen LogP contribution is -2.53. The van der Waals surface area contributed by atoms with Gasteiger partial charge in [0.2, 0.25) is 11.8 Å². The number of carbonyl (C=O) groups excluding carboxylic acids is 2. The average molecular weight is 645 g/mol. The van der Waals surface area contributed by atoms with Gasteiger partial charge in [0.05, 0.1) is 10.6 Å². The maximum absolute atomic E-state index is 14.2. The number of anilines is 1. The van der Waals surface area contributed by atoms with Gasteiger partial charge >= 0.3 is 0 Å². The van der Waals surface area contributed by atoms with Crippen molar-refractivity contribution in [2.45, 2.75) is 23.9 Å². The van der Waals surface area contributed by atoms with Crippen molar-refractivity contribution in [3.63, 3.8) is 0 Å². The van der Waals surface area contributed by atoms with Crippen molar-refractivity contribution in [1.29, 1.82) is 0 Å². The summed E-state index contributed by atoms with van der Waals surface area (Å²) in [6.45, 7) is -0.647. The van der Waals surface area contributed by atoms with Crippen LogP contribution in [0.2, 0.25) is 15.1 Å². The molecule has 1 unspecified atom stereocenters. The Balaban J connectivity index is 1.79. The van der Waals surface area contributed by atoms with Crippen LogP contribution in [0.15, 0.2) is 108 Å². The number of rotatable bonds is 11. The van der Waals surface area contributed by atoms with Gasteiger partial charge in [0.25, 0.3) is 10.0 Å². The Morgan fingerprint density at radius 2 is 1.40 bits per heavy atom. The molecule has 0 bridgehead atoms. The molecular weight excluding hydrogens is 617 g/mol. The second kappa shape index (κ2) is 14.1. The molecule has 4 aromatic carbocycles.